The Balaban J connectivity index is 2.33. The van der Waals surface area contributed by atoms with Crippen LogP contribution in [0.15, 0.2) is 29.2 Å². The fourth-order valence-electron chi connectivity index (χ4n) is 1.40. The van der Waals surface area contributed by atoms with Gasteiger partial charge in [0.2, 0.25) is 5.91 Å². The van der Waals surface area contributed by atoms with E-state index >= 15 is 0 Å². The second-order valence-corrected chi connectivity index (χ2v) is 4.79. The van der Waals surface area contributed by atoms with E-state index in [1.807, 2.05) is 13.8 Å². The third-order valence-electron chi connectivity index (χ3n) is 2.22. The quantitative estimate of drug-likeness (QED) is 0.709. The maximum atomic E-state index is 11.7. The molecule has 0 heterocycles. The summed E-state index contributed by atoms with van der Waals surface area (Å²) in [7, 11) is 0. The summed E-state index contributed by atoms with van der Waals surface area (Å²) in [5, 5.41) is 5.46. The van der Waals surface area contributed by atoms with Gasteiger partial charge in [-0.25, -0.2) is 0 Å². The summed E-state index contributed by atoms with van der Waals surface area (Å²) in [6.07, 6.45) is 0.286. The summed E-state index contributed by atoms with van der Waals surface area (Å²) in [6, 6.07) is 7.03. The summed E-state index contributed by atoms with van der Waals surface area (Å²) in [6.45, 7) is 4.13. The first-order chi connectivity index (χ1) is 8.49. The fraction of sp³-hybridized carbons (Fsp3) is 0.385. The summed E-state index contributed by atoms with van der Waals surface area (Å²) in [5.74, 6) is -0.239. The molecule has 0 bridgehead atoms. The molecule has 0 spiro atoms. The van der Waals surface area contributed by atoms with Gasteiger partial charge in [0, 0.05) is 29.5 Å². The number of carbonyl (C=O) groups excluding carboxylic acids is 2. The Hall–Kier alpha value is -1.49. The molecular weight excluding hydrogens is 248 g/mol. The van der Waals surface area contributed by atoms with Crippen molar-refractivity contribution >= 4 is 24.4 Å². The third-order valence-corrected chi connectivity index (χ3v) is 2.51. The van der Waals surface area contributed by atoms with Gasteiger partial charge in [0.25, 0.3) is 5.91 Å². The molecule has 5 heteroatoms. The first kappa shape index (κ1) is 14.6. The SMILES string of the molecule is CC(C)NC(=O)CCNC(=O)c1ccc(S)cc1. The highest BCUT2D eigenvalue weighted by molar-refractivity contribution is 7.80. The van der Waals surface area contributed by atoms with Gasteiger partial charge in [-0.15, -0.1) is 12.6 Å². The van der Waals surface area contributed by atoms with Crippen LogP contribution >= 0.6 is 12.6 Å². The van der Waals surface area contributed by atoms with Gasteiger partial charge >= 0.3 is 0 Å². The van der Waals surface area contributed by atoms with Crippen LogP contribution in [0.2, 0.25) is 0 Å². The topological polar surface area (TPSA) is 58.2 Å². The van der Waals surface area contributed by atoms with Crippen LogP contribution in [0.4, 0.5) is 0 Å². The molecule has 18 heavy (non-hydrogen) atoms. The number of benzene rings is 1. The van der Waals surface area contributed by atoms with Crippen molar-refractivity contribution in [2.45, 2.75) is 31.2 Å². The Morgan fingerprint density at radius 1 is 1.22 bits per heavy atom. The van der Waals surface area contributed by atoms with Crippen LogP contribution in [0.25, 0.3) is 0 Å². The van der Waals surface area contributed by atoms with Crippen LogP contribution < -0.4 is 10.6 Å². The van der Waals surface area contributed by atoms with Gasteiger partial charge in [0.1, 0.15) is 0 Å². The van der Waals surface area contributed by atoms with Crippen molar-refractivity contribution < 1.29 is 9.59 Å². The van der Waals surface area contributed by atoms with E-state index in [4.69, 9.17) is 0 Å². The van der Waals surface area contributed by atoms with E-state index < -0.39 is 0 Å². The molecule has 0 fully saturated rings. The van der Waals surface area contributed by atoms with Crippen molar-refractivity contribution in [3.05, 3.63) is 29.8 Å². The van der Waals surface area contributed by atoms with Crippen LogP contribution in [-0.2, 0) is 4.79 Å². The Kier molecular flexibility index (Phi) is 5.71. The Morgan fingerprint density at radius 3 is 2.39 bits per heavy atom. The van der Waals surface area contributed by atoms with Crippen molar-refractivity contribution in [3.8, 4) is 0 Å². The molecule has 0 aromatic heterocycles. The Labute approximate surface area is 113 Å². The zero-order chi connectivity index (χ0) is 13.5. The molecule has 0 radical (unpaired) electrons. The van der Waals surface area contributed by atoms with Crippen LogP contribution in [0.5, 0.6) is 0 Å². The monoisotopic (exact) mass is 266 g/mol. The lowest BCUT2D eigenvalue weighted by atomic mass is 10.2. The number of hydrogen-bond acceptors (Lipinski definition) is 3. The molecule has 0 saturated carbocycles. The molecule has 1 aromatic carbocycles. The molecule has 0 aliphatic heterocycles. The van der Waals surface area contributed by atoms with E-state index in [0.29, 0.717) is 12.1 Å². The predicted molar refractivity (Wildman–Crippen MR) is 73.9 cm³/mol. The summed E-state index contributed by atoms with van der Waals surface area (Å²) >= 11 is 4.14. The maximum Gasteiger partial charge on any atom is 0.251 e. The van der Waals surface area contributed by atoms with Gasteiger partial charge in [-0.05, 0) is 38.1 Å². The van der Waals surface area contributed by atoms with Crippen LogP contribution in [-0.4, -0.2) is 24.4 Å². The van der Waals surface area contributed by atoms with E-state index in [1.54, 1.807) is 24.3 Å². The maximum absolute atomic E-state index is 11.7. The minimum atomic E-state index is -0.180. The Morgan fingerprint density at radius 2 is 1.83 bits per heavy atom. The first-order valence-electron chi connectivity index (χ1n) is 5.85. The normalized spacial score (nSPS) is 10.2. The van der Waals surface area contributed by atoms with Crippen molar-refractivity contribution in [1.82, 2.24) is 10.6 Å². The highest BCUT2D eigenvalue weighted by Crippen LogP contribution is 2.07. The van der Waals surface area contributed by atoms with Gasteiger partial charge in [0.15, 0.2) is 0 Å². The van der Waals surface area contributed by atoms with Crippen LogP contribution in [0.3, 0.4) is 0 Å². The van der Waals surface area contributed by atoms with Gasteiger partial charge in [-0.2, -0.15) is 0 Å². The molecule has 0 aliphatic carbocycles. The van der Waals surface area contributed by atoms with Crippen molar-refractivity contribution in [1.29, 1.82) is 0 Å². The van der Waals surface area contributed by atoms with E-state index in [2.05, 4.69) is 23.3 Å². The molecule has 1 aromatic rings. The number of thiol groups is 1. The second kappa shape index (κ2) is 7.06. The van der Waals surface area contributed by atoms with Gasteiger partial charge in [-0.1, -0.05) is 0 Å². The molecule has 98 valence electrons. The molecule has 0 atom stereocenters. The molecular formula is C13H18N2O2S. The second-order valence-electron chi connectivity index (χ2n) is 4.27. The highest BCUT2D eigenvalue weighted by atomic mass is 32.1. The lowest BCUT2D eigenvalue weighted by Gasteiger charge is -2.09. The average Bonchev–Trinajstić information content (AvgIpc) is 2.28. The molecule has 4 nitrogen and oxygen atoms in total. The minimum Gasteiger partial charge on any atom is -0.354 e. The number of amides is 2. The number of hydrogen-bond donors (Lipinski definition) is 3. The van der Waals surface area contributed by atoms with Gasteiger partial charge in [0.05, 0.1) is 0 Å². The molecule has 0 saturated heterocycles. The van der Waals surface area contributed by atoms with Crippen molar-refractivity contribution in [2.24, 2.45) is 0 Å². The first-order valence-corrected chi connectivity index (χ1v) is 6.30. The van der Waals surface area contributed by atoms with Gasteiger partial charge in [-0.3, -0.25) is 9.59 Å². The zero-order valence-electron chi connectivity index (χ0n) is 10.6. The largest absolute Gasteiger partial charge is 0.354 e. The molecule has 2 amide bonds. The smallest absolute Gasteiger partial charge is 0.251 e. The highest BCUT2D eigenvalue weighted by Gasteiger charge is 2.06. The van der Waals surface area contributed by atoms with E-state index in [-0.39, 0.29) is 24.3 Å². The van der Waals surface area contributed by atoms with Crippen LogP contribution in [0.1, 0.15) is 30.6 Å². The lowest BCUT2D eigenvalue weighted by Crippen LogP contribution is -2.34. The standard InChI is InChI=1S/C13H18N2O2S/c1-9(2)15-12(16)7-8-14-13(17)10-3-5-11(18)6-4-10/h3-6,9,18H,7-8H2,1-2H3,(H,14,17)(H,15,16). The van der Waals surface area contributed by atoms with E-state index in [9.17, 15) is 9.59 Å². The fourth-order valence-corrected chi connectivity index (χ4v) is 1.55. The number of nitrogens with one attached hydrogen (secondary N) is 2. The summed E-state index contributed by atoms with van der Waals surface area (Å²) < 4.78 is 0. The predicted octanol–water partition coefficient (Wildman–Crippen LogP) is 1.62. The molecule has 2 N–H and O–H groups in total. The Bertz CT molecular complexity index is 416. The number of rotatable bonds is 5. The van der Waals surface area contributed by atoms with Crippen molar-refractivity contribution in [3.63, 3.8) is 0 Å². The summed E-state index contributed by atoms with van der Waals surface area (Å²) in [5.41, 5.74) is 0.567. The molecule has 0 aliphatic rings. The van der Waals surface area contributed by atoms with Crippen LogP contribution in [0, 0.1) is 0 Å². The zero-order valence-corrected chi connectivity index (χ0v) is 11.5. The lowest BCUT2D eigenvalue weighted by molar-refractivity contribution is -0.121. The van der Waals surface area contributed by atoms with Gasteiger partial charge < -0.3 is 10.6 Å². The average molecular weight is 266 g/mol. The minimum absolute atomic E-state index is 0.0593. The molecule has 1 rings (SSSR count). The molecule has 0 unspecified atom stereocenters. The summed E-state index contributed by atoms with van der Waals surface area (Å²) in [4.78, 5) is 23.8. The van der Waals surface area contributed by atoms with E-state index in [1.165, 1.54) is 0 Å². The third kappa shape index (κ3) is 5.23. The number of carbonyl (C=O) groups is 2. The van der Waals surface area contributed by atoms with Crippen molar-refractivity contribution in [2.75, 3.05) is 6.54 Å². The van der Waals surface area contributed by atoms with E-state index in [0.717, 1.165) is 4.90 Å².